The Morgan fingerprint density at radius 2 is 1.94 bits per heavy atom. The zero-order valence-corrected chi connectivity index (χ0v) is 11.0. The van der Waals surface area contributed by atoms with Gasteiger partial charge in [0.15, 0.2) is 0 Å². The van der Waals surface area contributed by atoms with Crippen LogP contribution in [0.3, 0.4) is 0 Å². The third-order valence-electron chi connectivity index (χ3n) is 3.27. The van der Waals surface area contributed by atoms with Crippen molar-refractivity contribution in [2.24, 2.45) is 0 Å². The van der Waals surface area contributed by atoms with Gasteiger partial charge < -0.3 is 11.1 Å². The van der Waals surface area contributed by atoms with E-state index in [9.17, 15) is 4.79 Å². The van der Waals surface area contributed by atoms with Crippen LogP contribution >= 0.6 is 11.6 Å². The molecule has 1 amide bonds. The predicted molar refractivity (Wildman–Crippen MR) is 72.6 cm³/mol. The van der Waals surface area contributed by atoms with Gasteiger partial charge in [-0.2, -0.15) is 0 Å². The molecule has 0 aromatic carbocycles. The minimum absolute atomic E-state index is 0.223. The lowest BCUT2D eigenvalue weighted by molar-refractivity contribution is 0.0928. The average molecular weight is 268 g/mol. The normalized spacial score (nSPS) is 17.2. The molecule has 5 heteroatoms. The number of nitrogens with one attached hydrogen (secondary N) is 1. The number of anilines is 1. The van der Waals surface area contributed by atoms with Crippen molar-refractivity contribution in [1.29, 1.82) is 0 Å². The van der Waals surface area contributed by atoms with E-state index < -0.39 is 0 Å². The van der Waals surface area contributed by atoms with Gasteiger partial charge in [-0.15, -0.1) is 0 Å². The van der Waals surface area contributed by atoms with E-state index >= 15 is 0 Å². The Hall–Kier alpha value is -1.29. The maximum Gasteiger partial charge on any atom is 0.271 e. The number of hydrogen-bond donors (Lipinski definition) is 2. The molecule has 0 atom stereocenters. The van der Waals surface area contributed by atoms with E-state index in [4.69, 9.17) is 17.3 Å². The Bertz CT molecular complexity index is 428. The summed E-state index contributed by atoms with van der Waals surface area (Å²) in [4.78, 5) is 16.1. The highest BCUT2D eigenvalue weighted by Gasteiger charge is 2.18. The highest BCUT2D eigenvalue weighted by atomic mass is 35.5. The summed E-state index contributed by atoms with van der Waals surface area (Å²) in [5, 5.41) is 3.34. The Kier molecular flexibility index (Phi) is 4.42. The largest absolute Gasteiger partial charge is 0.384 e. The second-order valence-electron chi connectivity index (χ2n) is 4.73. The highest BCUT2D eigenvalue weighted by molar-refractivity contribution is 6.33. The van der Waals surface area contributed by atoms with Gasteiger partial charge in [0.1, 0.15) is 11.5 Å². The fraction of sp³-hybridized carbons (Fsp3) is 0.538. The maximum atomic E-state index is 12.1. The quantitative estimate of drug-likeness (QED) is 0.810. The molecule has 3 N–H and O–H groups in total. The molecule has 0 aliphatic heterocycles. The molecule has 0 spiro atoms. The average Bonchev–Trinajstić information content (AvgIpc) is 2.61. The maximum absolute atomic E-state index is 12.1. The molecule has 0 unspecified atom stereocenters. The van der Waals surface area contributed by atoms with Gasteiger partial charge >= 0.3 is 0 Å². The van der Waals surface area contributed by atoms with Crippen molar-refractivity contribution < 1.29 is 4.79 Å². The van der Waals surface area contributed by atoms with E-state index in [0.717, 1.165) is 12.8 Å². The van der Waals surface area contributed by atoms with Crippen LogP contribution in [0.4, 0.5) is 5.82 Å². The lowest BCUT2D eigenvalue weighted by Crippen LogP contribution is -2.35. The summed E-state index contributed by atoms with van der Waals surface area (Å²) in [6, 6.07) is 3.43. The van der Waals surface area contributed by atoms with Crippen LogP contribution in [0.15, 0.2) is 12.1 Å². The van der Waals surface area contributed by atoms with E-state index in [0.29, 0.717) is 10.8 Å². The number of amides is 1. The summed E-state index contributed by atoms with van der Waals surface area (Å²) < 4.78 is 0. The van der Waals surface area contributed by atoms with Crippen molar-refractivity contribution in [2.75, 3.05) is 5.73 Å². The molecule has 2 rings (SSSR count). The second kappa shape index (κ2) is 6.05. The van der Waals surface area contributed by atoms with Gasteiger partial charge in [-0.3, -0.25) is 4.79 Å². The molecule has 1 aromatic rings. The van der Waals surface area contributed by atoms with Crippen molar-refractivity contribution in [1.82, 2.24) is 10.3 Å². The van der Waals surface area contributed by atoms with E-state index in [-0.39, 0.29) is 17.6 Å². The van der Waals surface area contributed by atoms with Crippen LogP contribution < -0.4 is 11.1 Å². The third kappa shape index (κ3) is 3.35. The first kappa shape index (κ1) is 13.1. The van der Waals surface area contributed by atoms with E-state index in [1.54, 1.807) is 12.1 Å². The SMILES string of the molecule is Nc1ccc(Cl)c(C(=O)NC2CCCCCC2)n1. The van der Waals surface area contributed by atoms with Gasteiger partial charge in [0.25, 0.3) is 5.91 Å². The van der Waals surface area contributed by atoms with Crippen LogP contribution in [-0.2, 0) is 0 Å². The molecular weight excluding hydrogens is 250 g/mol. The summed E-state index contributed by atoms with van der Waals surface area (Å²) >= 11 is 5.96. The van der Waals surface area contributed by atoms with Crippen molar-refractivity contribution >= 4 is 23.3 Å². The Morgan fingerprint density at radius 3 is 2.61 bits per heavy atom. The molecule has 1 fully saturated rings. The standard InChI is InChI=1S/C13H18ClN3O/c14-10-7-8-11(15)17-12(10)13(18)16-9-5-3-1-2-4-6-9/h7-9H,1-6H2,(H2,15,17)(H,16,18). The van der Waals surface area contributed by atoms with E-state index in [1.807, 2.05) is 0 Å². The predicted octanol–water partition coefficient (Wildman–Crippen LogP) is 2.77. The summed E-state index contributed by atoms with van der Waals surface area (Å²) in [5.74, 6) is 0.0876. The lowest BCUT2D eigenvalue weighted by Gasteiger charge is -2.16. The second-order valence-corrected chi connectivity index (χ2v) is 5.14. The van der Waals surface area contributed by atoms with Crippen LogP contribution in [0.2, 0.25) is 5.02 Å². The topological polar surface area (TPSA) is 68.0 Å². The van der Waals surface area contributed by atoms with Crippen LogP contribution in [0.5, 0.6) is 0 Å². The van der Waals surface area contributed by atoms with Crippen LogP contribution in [0, 0.1) is 0 Å². The van der Waals surface area contributed by atoms with Gasteiger partial charge in [-0.25, -0.2) is 4.98 Å². The zero-order valence-electron chi connectivity index (χ0n) is 10.3. The molecule has 1 saturated carbocycles. The van der Waals surface area contributed by atoms with Crippen molar-refractivity contribution in [3.05, 3.63) is 22.8 Å². The summed E-state index contributed by atoms with van der Waals surface area (Å²) in [6.45, 7) is 0. The highest BCUT2D eigenvalue weighted by Crippen LogP contribution is 2.19. The first-order valence-electron chi connectivity index (χ1n) is 6.39. The van der Waals surface area contributed by atoms with Gasteiger partial charge in [0.05, 0.1) is 5.02 Å². The first-order valence-corrected chi connectivity index (χ1v) is 6.77. The first-order chi connectivity index (χ1) is 8.66. The van der Waals surface area contributed by atoms with E-state index in [2.05, 4.69) is 10.3 Å². The van der Waals surface area contributed by atoms with Gasteiger partial charge in [-0.05, 0) is 25.0 Å². The molecular formula is C13H18ClN3O. The molecule has 1 heterocycles. The summed E-state index contributed by atoms with van der Waals surface area (Å²) in [7, 11) is 0. The minimum Gasteiger partial charge on any atom is -0.384 e. The van der Waals surface area contributed by atoms with Gasteiger partial charge in [-0.1, -0.05) is 37.3 Å². The van der Waals surface area contributed by atoms with Crippen molar-refractivity contribution in [3.8, 4) is 0 Å². The van der Waals surface area contributed by atoms with Crippen LogP contribution in [0.25, 0.3) is 0 Å². The van der Waals surface area contributed by atoms with Crippen molar-refractivity contribution in [3.63, 3.8) is 0 Å². The number of nitrogens with zero attached hydrogens (tertiary/aromatic N) is 1. The molecule has 1 aliphatic carbocycles. The number of halogens is 1. The van der Waals surface area contributed by atoms with Gasteiger partial charge in [0, 0.05) is 6.04 Å². The number of pyridine rings is 1. The number of aromatic nitrogens is 1. The summed E-state index contributed by atoms with van der Waals surface area (Å²) in [6.07, 6.45) is 6.91. The fourth-order valence-electron chi connectivity index (χ4n) is 2.29. The Morgan fingerprint density at radius 1 is 1.28 bits per heavy atom. The molecule has 0 bridgehead atoms. The molecule has 18 heavy (non-hydrogen) atoms. The molecule has 0 radical (unpaired) electrons. The number of rotatable bonds is 2. The van der Waals surface area contributed by atoms with Crippen molar-refractivity contribution in [2.45, 2.75) is 44.6 Å². The number of carbonyl (C=O) groups excluding carboxylic acids is 1. The molecule has 98 valence electrons. The zero-order chi connectivity index (χ0) is 13.0. The fourth-order valence-corrected chi connectivity index (χ4v) is 2.49. The van der Waals surface area contributed by atoms with E-state index in [1.165, 1.54) is 25.7 Å². The van der Waals surface area contributed by atoms with Crippen LogP contribution in [0.1, 0.15) is 49.0 Å². The number of nitrogen functional groups attached to an aromatic ring is 1. The lowest BCUT2D eigenvalue weighted by atomic mass is 10.1. The smallest absolute Gasteiger partial charge is 0.271 e. The molecule has 1 aromatic heterocycles. The minimum atomic E-state index is -0.223. The third-order valence-corrected chi connectivity index (χ3v) is 3.58. The Labute approximate surface area is 112 Å². The monoisotopic (exact) mass is 267 g/mol. The summed E-state index contributed by atoms with van der Waals surface area (Å²) in [5.41, 5.74) is 5.80. The number of carbonyl (C=O) groups is 1. The molecule has 4 nitrogen and oxygen atoms in total. The van der Waals surface area contributed by atoms with Crippen LogP contribution in [-0.4, -0.2) is 16.9 Å². The molecule has 0 saturated heterocycles. The Balaban J connectivity index is 2.04. The van der Waals surface area contributed by atoms with Gasteiger partial charge in [0.2, 0.25) is 0 Å². The molecule has 1 aliphatic rings. The number of nitrogens with two attached hydrogens (primary N) is 1. The number of hydrogen-bond acceptors (Lipinski definition) is 3.